The number of nitrogens with one attached hydrogen (secondary N) is 1. The quantitative estimate of drug-likeness (QED) is 0.863. The number of rotatable bonds is 5. The summed E-state index contributed by atoms with van der Waals surface area (Å²) in [5.41, 5.74) is 2.94. The number of benzene rings is 1. The molecule has 2 N–H and O–H groups in total. The van der Waals surface area contributed by atoms with Crippen molar-refractivity contribution < 1.29 is 9.90 Å². The molecule has 2 aliphatic rings. The average molecular weight is 345 g/mol. The number of likely N-dealkylation sites (tertiary alicyclic amines) is 2. The second kappa shape index (κ2) is 8.09. The van der Waals surface area contributed by atoms with E-state index in [0.29, 0.717) is 18.2 Å². The van der Waals surface area contributed by atoms with Crippen LogP contribution in [0.5, 0.6) is 5.75 Å². The SMILES string of the molecule is Cc1cc(CCNC(=O)N2CCC(CN3CCCC3)C2)cc(C)c1O. The molecule has 2 aliphatic heterocycles. The minimum Gasteiger partial charge on any atom is -0.507 e. The fraction of sp³-hybridized carbons (Fsp3) is 0.650. The lowest BCUT2D eigenvalue weighted by atomic mass is 10.0. The van der Waals surface area contributed by atoms with Gasteiger partial charge in [-0.1, -0.05) is 12.1 Å². The van der Waals surface area contributed by atoms with Crippen molar-refractivity contribution in [3.8, 4) is 5.75 Å². The lowest BCUT2D eigenvalue weighted by molar-refractivity contribution is 0.204. The van der Waals surface area contributed by atoms with Gasteiger partial charge in [0.1, 0.15) is 5.75 Å². The van der Waals surface area contributed by atoms with Gasteiger partial charge < -0.3 is 20.2 Å². The Bertz CT molecular complexity index is 588. The highest BCUT2D eigenvalue weighted by Crippen LogP contribution is 2.23. The maximum Gasteiger partial charge on any atom is 0.317 e. The van der Waals surface area contributed by atoms with Crippen LogP contribution in [0.1, 0.15) is 36.0 Å². The Morgan fingerprint density at radius 1 is 1.20 bits per heavy atom. The zero-order chi connectivity index (χ0) is 17.8. The largest absolute Gasteiger partial charge is 0.507 e. The molecule has 5 heteroatoms. The highest BCUT2D eigenvalue weighted by molar-refractivity contribution is 5.74. The van der Waals surface area contributed by atoms with Gasteiger partial charge in [-0.15, -0.1) is 0 Å². The molecule has 1 atom stereocenters. The standard InChI is InChI=1S/C20H31N3O2/c1-15-11-17(12-16(2)19(15)24)5-7-21-20(25)23-10-6-18(14-23)13-22-8-3-4-9-22/h11-12,18,24H,3-10,13-14H2,1-2H3,(H,21,25). The molecule has 0 aromatic heterocycles. The number of amides is 2. The number of carbonyl (C=O) groups excluding carboxylic acids is 1. The van der Waals surface area contributed by atoms with E-state index in [2.05, 4.69) is 10.2 Å². The highest BCUT2D eigenvalue weighted by Gasteiger charge is 2.28. The van der Waals surface area contributed by atoms with Gasteiger partial charge in [0.25, 0.3) is 0 Å². The Kier molecular flexibility index (Phi) is 5.84. The number of hydrogen-bond donors (Lipinski definition) is 2. The summed E-state index contributed by atoms with van der Waals surface area (Å²) in [7, 11) is 0. The third kappa shape index (κ3) is 4.66. The maximum absolute atomic E-state index is 12.4. The molecule has 1 unspecified atom stereocenters. The van der Waals surface area contributed by atoms with Gasteiger partial charge in [-0.25, -0.2) is 4.79 Å². The monoisotopic (exact) mass is 345 g/mol. The van der Waals surface area contributed by atoms with E-state index in [4.69, 9.17) is 0 Å². The van der Waals surface area contributed by atoms with E-state index in [-0.39, 0.29) is 6.03 Å². The number of nitrogens with zero attached hydrogens (tertiary/aromatic N) is 2. The predicted octanol–water partition coefficient (Wildman–Crippen LogP) is 2.68. The summed E-state index contributed by atoms with van der Waals surface area (Å²) >= 11 is 0. The van der Waals surface area contributed by atoms with Crippen molar-refractivity contribution >= 4 is 6.03 Å². The summed E-state index contributed by atoms with van der Waals surface area (Å²) in [5, 5.41) is 12.9. The van der Waals surface area contributed by atoms with Gasteiger partial charge in [0.15, 0.2) is 0 Å². The van der Waals surface area contributed by atoms with Crippen molar-refractivity contribution in [2.75, 3.05) is 39.3 Å². The Hall–Kier alpha value is -1.75. The molecule has 1 aromatic rings. The van der Waals surface area contributed by atoms with E-state index in [1.54, 1.807) is 0 Å². The minimum atomic E-state index is 0.0659. The van der Waals surface area contributed by atoms with Crippen LogP contribution in [0.4, 0.5) is 4.79 Å². The third-order valence-electron chi connectivity index (χ3n) is 5.53. The smallest absolute Gasteiger partial charge is 0.317 e. The number of phenolic OH excluding ortho intramolecular Hbond substituents is 1. The van der Waals surface area contributed by atoms with Gasteiger partial charge in [0.2, 0.25) is 0 Å². The Balaban J connectivity index is 1.41. The van der Waals surface area contributed by atoms with Crippen LogP contribution in [0.2, 0.25) is 0 Å². The van der Waals surface area contributed by atoms with E-state index in [1.165, 1.54) is 25.9 Å². The average Bonchev–Trinajstić information content (AvgIpc) is 3.25. The molecule has 1 aromatic carbocycles. The molecule has 0 radical (unpaired) electrons. The van der Waals surface area contributed by atoms with Crippen molar-refractivity contribution in [1.82, 2.24) is 15.1 Å². The second-order valence-corrected chi connectivity index (χ2v) is 7.67. The van der Waals surface area contributed by atoms with Crippen LogP contribution in [0.25, 0.3) is 0 Å². The van der Waals surface area contributed by atoms with E-state index in [9.17, 15) is 9.90 Å². The van der Waals surface area contributed by atoms with E-state index in [0.717, 1.165) is 49.2 Å². The van der Waals surface area contributed by atoms with Gasteiger partial charge in [-0.3, -0.25) is 0 Å². The summed E-state index contributed by atoms with van der Waals surface area (Å²) < 4.78 is 0. The highest BCUT2D eigenvalue weighted by atomic mass is 16.3. The molecular weight excluding hydrogens is 314 g/mol. The fourth-order valence-electron chi connectivity index (χ4n) is 4.11. The summed E-state index contributed by atoms with van der Waals surface area (Å²) in [4.78, 5) is 16.9. The van der Waals surface area contributed by atoms with Crippen molar-refractivity contribution in [3.63, 3.8) is 0 Å². The number of aromatic hydroxyl groups is 1. The number of phenols is 1. The van der Waals surface area contributed by atoms with Crippen molar-refractivity contribution in [3.05, 3.63) is 28.8 Å². The minimum absolute atomic E-state index is 0.0659. The summed E-state index contributed by atoms with van der Waals surface area (Å²) in [6, 6.07) is 4.06. The zero-order valence-electron chi connectivity index (χ0n) is 15.6. The number of hydrogen-bond acceptors (Lipinski definition) is 3. The molecule has 0 bridgehead atoms. The van der Waals surface area contributed by atoms with Gasteiger partial charge in [-0.05, 0) is 75.2 Å². The summed E-state index contributed by atoms with van der Waals surface area (Å²) in [5.74, 6) is 1.00. The molecule has 2 fully saturated rings. The van der Waals surface area contributed by atoms with Crippen LogP contribution in [0.15, 0.2) is 12.1 Å². The van der Waals surface area contributed by atoms with Crippen LogP contribution in [0, 0.1) is 19.8 Å². The van der Waals surface area contributed by atoms with E-state index < -0.39 is 0 Å². The number of carbonyl (C=O) groups is 1. The van der Waals surface area contributed by atoms with Crippen molar-refractivity contribution in [1.29, 1.82) is 0 Å². The first-order valence-corrected chi connectivity index (χ1v) is 9.57. The molecule has 2 saturated heterocycles. The molecule has 2 heterocycles. The van der Waals surface area contributed by atoms with Gasteiger partial charge in [0, 0.05) is 26.2 Å². The maximum atomic E-state index is 12.4. The molecule has 138 valence electrons. The topological polar surface area (TPSA) is 55.8 Å². The van der Waals surface area contributed by atoms with Crippen molar-refractivity contribution in [2.45, 2.75) is 39.5 Å². The predicted molar refractivity (Wildman–Crippen MR) is 100 cm³/mol. The first-order chi connectivity index (χ1) is 12.0. The van der Waals surface area contributed by atoms with Crippen molar-refractivity contribution in [2.24, 2.45) is 5.92 Å². The van der Waals surface area contributed by atoms with Crippen LogP contribution in [0.3, 0.4) is 0 Å². The lowest BCUT2D eigenvalue weighted by Gasteiger charge is -2.21. The third-order valence-corrected chi connectivity index (χ3v) is 5.53. The van der Waals surface area contributed by atoms with Crippen LogP contribution in [-0.2, 0) is 6.42 Å². The Morgan fingerprint density at radius 2 is 1.88 bits per heavy atom. The molecular formula is C20H31N3O2. The molecule has 3 rings (SSSR count). The molecule has 0 spiro atoms. The molecule has 0 aliphatic carbocycles. The van der Waals surface area contributed by atoms with Gasteiger partial charge in [-0.2, -0.15) is 0 Å². The van der Waals surface area contributed by atoms with Crippen LogP contribution < -0.4 is 5.32 Å². The van der Waals surface area contributed by atoms with Crippen LogP contribution in [-0.4, -0.2) is 60.2 Å². The van der Waals surface area contributed by atoms with E-state index >= 15 is 0 Å². The lowest BCUT2D eigenvalue weighted by Crippen LogP contribution is -2.40. The van der Waals surface area contributed by atoms with Gasteiger partial charge in [0.05, 0.1) is 0 Å². The summed E-state index contributed by atoms with van der Waals surface area (Å²) in [6.45, 7) is 9.83. The molecule has 5 nitrogen and oxygen atoms in total. The normalized spacial score (nSPS) is 21.0. The first-order valence-electron chi connectivity index (χ1n) is 9.57. The molecule has 0 saturated carbocycles. The summed E-state index contributed by atoms with van der Waals surface area (Å²) in [6.07, 6.45) is 4.57. The molecule has 2 amide bonds. The number of aryl methyl sites for hydroxylation is 2. The van der Waals surface area contributed by atoms with Gasteiger partial charge >= 0.3 is 6.03 Å². The zero-order valence-corrected chi connectivity index (χ0v) is 15.6. The van der Waals surface area contributed by atoms with E-state index in [1.807, 2.05) is 30.9 Å². The Morgan fingerprint density at radius 3 is 2.56 bits per heavy atom. The second-order valence-electron chi connectivity index (χ2n) is 7.67. The first kappa shape index (κ1) is 18.1. The van der Waals surface area contributed by atoms with Crippen LogP contribution >= 0.6 is 0 Å². The fourth-order valence-corrected chi connectivity index (χ4v) is 4.11. The number of urea groups is 1. The molecule has 25 heavy (non-hydrogen) atoms. The Labute approximate surface area is 151 Å².